The lowest BCUT2D eigenvalue weighted by atomic mass is 10.3. The monoisotopic (exact) mass is 252 g/mol. The van der Waals surface area contributed by atoms with Gasteiger partial charge in [0.2, 0.25) is 0 Å². The lowest BCUT2D eigenvalue weighted by Gasteiger charge is -2.19. The second kappa shape index (κ2) is 7.16. The van der Waals surface area contributed by atoms with Crippen LogP contribution in [-0.2, 0) is 11.2 Å². The van der Waals surface area contributed by atoms with Gasteiger partial charge in [0.25, 0.3) is 0 Å². The van der Waals surface area contributed by atoms with E-state index in [1.54, 1.807) is 6.07 Å². The SMILES string of the molecule is CCCc1nc(N)cc(N(C)CCOC(C)C)n1. The highest BCUT2D eigenvalue weighted by atomic mass is 16.5. The maximum absolute atomic E-state index is 5.80. The molecule has 2 N–H and O–H groups in total. The Hall–Kier alpha value is -1.36. The van der Waals surface area contributed by atoms with Crippen molar-refractivity contribution < 1.29 is 4.74 Å². The van der Waals surface area contributed by atoms with Crippen molar-refractivity contribution in [2.75, 3.05) is 30.8 Å². The lowest BCUT2D eigenvalue weighted by Crippen LogP contribution is -2.25. The molecular formula is C13H24N4O. The first kappa shape index (κ1) is 14.7. The van der Waals surface area contributed by atoms with Crippen molar-refractivity contribution in [3.63, 3.8) is 0 Å². The molecule has 0 fully saturated rings. The largest absolute Gasteiger partial charge is 0.384 e. The molecule has 0 aromatic carbocycles. The molecule has 0 saturated heterocycles. The maximum atomic E-state index is 5.80. The van der Waals surface area contributed by atoms with Gasteiger partial charge in [0, 0.05) is 26.1 Å². The number of aromatic nitrogens is 2. The predicted octanol–water partition coefficient (Wildman–Crippen LogP) is 1.87. The molecule has 0 aliphatic heterocycles. The van der Waals surface area contributed by atoms with Crippen LogP contribution in [0.2, 0.25) is 0 Å². The Morgan fingerprint density at radius 1 is 1.39 bits per heavy atom. The molecule has 0 radical (unpaired) electrons. The zero-order chi connectivity index (χ0) is 13.5. The third kappa shape index (κ3) is 4.87. The number of nitrogens with zero attached hydrogens (tertiary/aromatic N) is 3. The quantitative estimate of drug-likeness (QED) is 0.802. The molecule has 0 amide bonds. The highest BCUT2D eigenvalue weighted by Crippen LogP contribution is 2.13. The van der Waals surface area contributed by atoms with Crippen molar-refractivity contribution in [3.8, 4) is 0 Å². The van der Waals surface area contributed by atoms with Gasteiger partial charge in [0.1, 0.15) is 17.5 Å². The van der Waals surface area contributed by atoms with E-state index in [-0.39, 0.29) is 6.10 Å². The molecule has 18 heavy (non-hydrogen) atoms. The average Bonchev–Trinajstić information content (AvgIpc) is 2.28. The standard InChI is InChI=1S/C13H24N4O/c1-5-6-12-15-11(14)9-13(16-12)17(4)7-8-18-10(2)3/h9-10H,5-8H2,1-4H3,(H2,14,15,16). The Kier molecular flexibility index (Phi) is 5.85. The van der Waals surface area contributed by atoms with Gasteiger partial charge in [-0.25, -0.2) is 9.97 Å². The molecule has 0 unspecified atom stereocenters. The Bertz CT molecular complexity index is 368. The first-order valence-corrected chi connectivity index (χ1v) is 6.49. The predicted molar refractivity (Wildman–Crippen MR) is 74.8 cm³/mol. The number of anilines is 2. The molecule has 0 aliphatic carbocycles. The van der Waals surface area contributed by atoms with Gasteiger partial charge in [-0.1, -0.05) is 6.92 Å². The molecule has 0 atom stereocenters. The normalized spacial score (nSPS) is 10.9. The Morgan fingerprint density at radius 2 is 2.11 bits per heavy atom. The number of aryl methyl sites for hydroxylation is 1. The minimum absolute atomic E-state index is 0.254. The van der Waals surface area contributed by atoms with E-state index in [2.05, 4.69) is 16.9 Å². The van der Waals surface area contributed by atoms with Crippen LogP contribution < -0.4 is 10.6 Å². The summed E-state index contributed by atoms with van der Waals surface area (Å²) in [5, 5.41) is 0. The summed E-state index contributed by atoms with van der Waals surface area (Å²) in [5.74, 6) is 2.20. The van der Waals surface area contributed by atoms with E-state index in [9.17, 15) is 0 Å². The zero-order valence-corrected chi connectivity index (χ0v) is 11.8. The molecule has 1 aromatic heterocycles. The third-order valence-electron chi connectivity index (χ3n) is 2.52. The molecule has 1 heterocycles. The van der Waals surface area contributed by atoms with E-state index in [0.717, 1.165) is 31.0 Å². The molecule has 0 spiro atoms. The number of hydrogen-bond donors (Lipinski definition) is 1. The Balaban J connectivity index is 2.63. The molecular weight excluding hydrogens is 228 g/mol. The summed E-state index contributed by atoms with van der Waals surface area (Å²) in [4.78, 5) is 10.8. The van der Waals surface area contributed by atoms with Gasteiger partial charge in [-0.15, -0.1) is 0 Å². The second-order valence-corrected chi connectivity index (χ2v) is 4.66. The van der Waals surface area contributed by atoms with Gasteiger partial charge in [-0.05, 0) is 20.3 Å². The summed E-state index contributed by atoms with van der Waals surface area (Å²) in [6.45, 7) is 7.64. The summed E-state index contributed by atoms with van der Waals surface area (Å²) < 4.78 is 5.53. The van der Waals surface area contributed by atoms with Gasteiger partial charge in [-0.2, -0.15) is 0 Å². The number of hydrogen-bond acceptors (Lipinski definition) is 5. The van der Waals surface area contributed by atoms with Crippen molar-refractivity contribution in [2.24, 2.45) is 0 Å². The van der Waals surface area contributed by atoms with Crippen molar-refractivity contribution in [1.82, 2.24) is 9.97 Å². The van der Waals surface area contributed by atoms with Crippen LogP contribution in [-0.4, -0.2) is 36.3 Å². The number of likely N-dealkylation sites (N-methyl/N-ethyl adjacent to an activating group) is 1. The van der Waals surface area contributed by atoms with Gasteiger partial charge in [0.05, 0.1) is 12.7 Å². The van der Waals surface area contributed by atoms with E-state index in [0.29, 0.717) is 12.4 Å². The van der Waals surface area contributed by atoms with Crippen molar-refractivity contribution in [2.45, 2.75) is 39.7 Å². The van der Waals surface area contributed by atoms with Crippen LogP contribution in [0.1, 0.15) is 33.0 Å². The van der Waals surface area contributed by atoms with E-state index in [1.165, 1.54) is 0 Å². The summed E-state index contributed by atoms with van der Waals surface area (Å²) in [6, 6.07) is 1.80. The summed E-state index contributed by atoms with van der Waals surface area (Å²) >= 11 is 0. The van der Waals surface area contributed by atoms with Crippen molar-refractivity contribution in [3.05, 3.63) is 11.9 Å². The Labute approximate surface area is 109 Å². The van der Waals surface area contributed by atoms with Gasteiger partial charge >= 0.3 is 0 Å². The second-order valence-electron chi connectivity index (χ2n) is 4.66. The first-order valence-electron chi connectivity index (χ1n) is 6.49. The number of nitrogen functional groups attached to an aromatic ring is 1. The van der Waals surface area contributed by atoms with Crippen LogP contribution in [0, 0.1) is 0 Å². The lowest BCUT2D eigenvalue weighted by molar-refractivity contribution is 0.0845. The number of ether oxygens (including phenoxy) is 1. The van der Waals surface area contributed by atoms with Crippen molar-refractivity contribution >= 4 is 11.6 Å². The molecule has 1 aromatic rings. The molecule has 5 nitrogen and oxygen atoms in total. The van der Waals surface area contributed by atoms with E-state index in [1.807, 2.05) is 25.8 Å². The average molecular weight is 252 g/mol. The van der Waals surface area contributed by atoms with Crippen LogP contribution >= 0.6 is 0 Å². The fourth-order valence-electron chi connectivity index (χ4n) is 1.57. The highest BCUT2D eigenvalue weighted by molar-refractivity contribution is 5.46. The van der Waals surface area contributed by atoms with Crippen LogP contribution in [0.5, 0.6) is 0 Å². The first-order chi connectivity index (χ1) is 8.52. The molecule has 1 rings (SSSR count). The highest BCUT2D eigenvalue weighted by Gasteiger charge is 2.07. The topological polar surface area (TPSA) is 64.3 Å². The maximum Gasteiger partial charge on any atom is 0.134 e. The van der Waals surface area contributed by atoms with Crippen molar-refractivity contribution in [1.29, 1.82) is 0 Å². The van der Waals surface area contributed by atoms with Gasteiger partial charge in [-0.3, -0.25) is 0 Å². The molecule has 0 bridgehead atoms. The zero-order valence-electron chi connectivity index (χ0n) is 11.8. The summed E-state index contributed by atoms with van der Waals surface area (Å²) in [7, 11) is 1.99. The fourth-order valence-corrected chi connectivity index (χ4v) is 1.57. The van der Waals surface area contributed by atoms with E-state index < -0.39 is 0 Å². The smallest absolute Gasteiger partial charge is 0.134 e. The molecule has 0 saturated carbocycles. The minimum Gasteiger partial charge on any atom is -0.384 e. The Morgan fingerprint density at radius 3 is 2.72 bits per heavy atom. The summed E-state index contributed by atoms with van der Waals surface area (Å²) in [6.07, 6.45) is 2.13. The van der Waals surface area contributed by atoms with Crippen LogP contribution in [0.15, 0.2) is 6.07 Å². The van der Waals surface area contributed by atoms with Crippen LogP contribution in [0.4, 0.5) is 11.6 Å². The van der Waals surface area contributed by atoms with E-state index in [4.69, 9.17) is 10.5 Å². The third-order valence-corrected chi connectivity index (χ3v) is 2.52. The van der Waals surface area contributed by atoms with Gasteiger partial charge in [0.15, 0.2) is 0 Å². The number of nitrogens with two attached hydrogens (primary N) is 1. The van der Waals surface area contributed by atoms with E-state index >= 15 is 0 Å². The minimum atomic E-state index is 0.254. The molecule has 102 valence electrons. The van der Waals surface area contributed by atoms with Crippen LogP contribution in [0.25, 0.3) is 0 Å². The molecule has 0 aliphatic rings. The number of rotatable bonds is 7. The molecule has 5 heteroatoms. The van der Waals surface area contributed by atoms with Gasteiger partial charge < -0.3 is 15.4 Å². The fraction of sp³-hybridized carbons (Fsp3) is 0.692. The van der Waals surface area contributed by atoms with Crippen LogP contribution in [0.3, 0.4) is 0 Å². The summed E-state index contributed by atoms with van der Waals surface area (Å²) in [5.41, 5.74) is 5.80.